The smallest absolute Gasteiger partial charge is 0.0663 e. The van der Waals surface area contributed by atoms with Crippen LogP contribution in [0.25, 0.3) is 5.57 Å². The predicted molar refractivity (Wildman–Crippen MR) is 328 cm³/mol. The van der Waals surface area contributed by atoms with E-state index in [2.05, 4.69) is 269 Å². The SMILES string of the molecule is C=C.C=C(/C=C\C=C/C)P(/C=C/C=C\C=C/C)c1ccc(C(/C=C(\C#CC)c2ccc(P(c3ccccc3)c3ccccc3)cc2)=NCc2ccc(P(C/C=C\C/C=C\CC)Cc3ccccc3)cc2)cc1. The summed E-state index contributed by atoms with van der Waals surface area (Å²) < 4.78 is 0. The van der Waals surface area contributed by atoms with Crippen LogP contribution in [0.1, 0.15) is 62.8 Å². The Bertz CT molecular complexity index is 2840. The molecule has 6 aromatic carbocycles. The zero-order valence-corrected chi connectivity index (χ0v) is 45.4. The van der Waals surface area contributed by atoms with E-state index in [9.17, 15) is 0 Å². The second-order valence-electron chi connectivity index (χ2n) is 16.4. The van der Waals surface area contributed by atoms with E-state index in [4.69, 9.17) is 4.99 Å². The molecule has 6 aromatic rings. The molecule has 2 atom stereocenters. The maximum absolute atomic E-state index is 5.40. The third-order valence-corrected chi connectivity index (χ3v) is 18.2. The highest BCUT2D eigenvalue weighted by atomic mass is 31.1. The number of nitrogens with zero attached hydrogens (tertiary/aromatic N) is 1. The van der Waals surface area contributed by atoms with E-state index >= 15 is 0 Å². The quantitative estimate of drug-likeness (QED) is 0.0199. The van der Waals surface area contributed by atoms with Crippen molar-refractivity contribution in [1.82, 2.24) is 0 Å². The van der Waals surface area contributed by atoms with Crippen molar-refractivity contribution in [2.24, 2.45) is 4.99 Å². The van der Waals surface area contributed by atoms with Gasteiger partial charge in [0.15, 0.2) is 0 Å². The van der Waals surface area contributed by atoms with Gasteiger partial charge in [-0.3, -0.25) is 4.99 Å². The summed E-state index contributed by atoms with van der Waals surface area (Å²) in [6.07, 6.45) is 34.2. The molecule has 0 heterocycles. The first-order valence-electron chi connectivity index (χ1n) is 24.7. The number of hydrogen-bond donors (Lipinski definition) is 0. The fourth-order valence-corrected chi connectivity index (χ4v) is 13.8. The lowest BCUT2D eigenvalue weighted by Crippen LogP contribution is -2.20. The summed E-state index contributed by atoms with van der Waals surface area (Å²) in [5.41, 5.74) is 6.49. The van der Waals surface area contributed by atoms with Crippen LogP contribution in [0.5, 0.6) is 0 Å². The molecule has 0 aliphatic carbocycles. The number of allylic oxidation sites excluding steroid dienone is 16. The van der Waals surface area contributed by atoms with Gasteiger partial charge >= 0.3 is 0 Å². The average molecular weight is 994 g/mol. The number of benzene rings is 6. The molecule has 0 aliphatic heterocycles. The molecule has 0 N–H and O–H groups in total. The first-order valence-corrected chi connectivity index (χ1v) is 29.2. The normalized spacial score (nSPS) is 13.1. The van der Waals surface area contributed by atoms with Gasteiger partial charge in [-0.2, -0.15) is 0 Å². The van der Waals surface area contributed by atoms with Crippen molar-refractivity contribution in [1.29, 1.82) is 0 Å². The van der Waals surface area contributed by atoms with Crippen LogP contribution in [-0.2, 0) is 12.7 Å². The molecule has 362 valence electrons. The van der Waals surface area contributed by atoms with Crippen molar-refractivity contribution in [3.05, 3.63) is 302 Å². The van der Waals surface area contributed by atoms with E-state index in [1.54, 1.807) is 0 Å². The molecule has 6 rings (SSSR count). The van der Waals surface area contributed by atoms with E-state index in [0.717, 1.165) is 52.9 Å². The molecule has 1 nitrogen and oxygen atoms in total. The van der Waals surface area contributed by atoms with Crippen molar-refractivity contribution in [2.75, 3.05) is 6.16 Å². The van der Waals surface area contributed by atoms with E-state index in [0.29, 0.717) is 6.54 Å². The van der Waals surface area contributed by atoms with Gasteiger partial charge in [0.05, 0.1) is 12.3 Å². The summed E-state index contributed by atoms with van der Waals surface area (Å²) in [6, 6.07) is 59.8. The molecular weight excluding hydrogens is 924 g/mol. The minimum Gasteiger partial charge on any atom is -0.280 e. The van der Waals surface area contributed by atoms with Gasteiger partial charge in [0.1, 0.15) is 0 Å². The number of hydrogen-bond acceptors (Lipinski definition) is 1. The minimum atomic E-state index is -0.817. The van der Waals surface area contributed by atoms with Gasteiger partial charge in [-0.25, -0.2) is 0 Å². The molecule has 0 aliphatic rings. The Morgan fingerprint density at radius 1 is 0.556 bits per heavy atom. The van der Waals surface area contributed by atoms with Gasteiger partial charge < -0.3 is 0 Å². The molecule has 0 saturated heterocycles. The first kappa shape index (κ1) is 56.2. The monoisotopic (exact) mass is 993 g/mol. The predicted octanol–water partition coefficient (Wildman–Crippen LogP) is 17.0. The minimum absolute atomic E-state index is 0.421. The Morgan fingerprint density at radius 3 is 1.71 bits per heavy atom. The summed E-state index contributed by atoms with van der Waals surface area (Å²) in [7, 11) is -1.97. The van der Waals surface area contributed by atoms with Crippen LogP contribution in [-0.4, -0.2) is 11.9 Å². The third-order valence-electron chi connectivity index (χ3n) is 11.2. The van der Waals surface area contributed by atoms with Crippen molar-refractivity contribution >= 4 is 61.6 Å². The van der Waals surface area contributed by atoms with Crippen molar-refractivity contribution in [2.45, 2.75) is 53.2 Å². The number of rotatable bonds is 23. The van der Waals surface area contributed by atoms with E-state index in [1.165, 1.54) is 37.6 Å². The summed E-state index contributed by atoms with van der Waals surface area (Å²) >= 11 is 0. The lowest BCUT2D eigenvalue weighted by atomic mass is 10.0. The molecule has 0 aromatic heterocycles. The first-order chi connectivity index (χ1) is 35.5. The summed E-state index contributed by atoms with van der Waals surface area (Å²) in [4.78, 5) is 5.40. The van der Waals surface area contributed by atoms with E-state index < -0.39 is 23.8 Å². The summed E-state index contributed by atoms with van der Waals surface area (Å²) in [5.74, 6) is 8.97. The van der Waals surface area contributed by atoms with Crippen molar-refractivity contribution in [3.8, 4) is 11.8 Å². The Morgan fingerprint density at radius 2 is 1.10 bits per heavy atom. The standard InChI is InChI=1S/C66H66NP3.C2H4/c1-6-10-13-15-17-28-50-68(54-57-32-22-18-23-33-57)61-44-38-56(39-45-61)53-67-66(59-42-46-62(47-43-59)69(51-29-16-14-11-7-2)55(5)31-21-12-8-3)52-60(30-9-4)58-40-48-65(49-41-58)70(63-34-24-19-25-35-63)64-36-26-20-27-37-64;1-2/h7-8,10-14,16-29,31-49,51-52H,5-6,15,50,53-54H2,1-4H3;1-2H2/b11-7-,12-8-,13-10-,16-14-,28-17-,31-21-,51-29+,60-52+,67-66?;. The third kappa shape index (κ3) is 18.4. The Kier molecular flexibility index (Phi) is 25.7. The highest BCUT2D eigenvalue weighted by molar-refractivity contribution is 7.79. The lowest BCUT2D eigenvalue weighted by molar-refractivity contribution is 1.07. The maximum Gasteiger partial charge on any atom is 0.0663 e. The van der Waals surface area contributed by atoms with Crippen LogP contribution in [0.15, 0.2) is 285 Å². The van der Waals surface area contributed by atoms with Gasteiger partial charge in [0, 0.05) is 5.57 Å². The molecule has 72 heavy (non-hydrogen) atoms. The Hall–Kier alpha value is -6.76. The zero-order valence-electron chi connectivity index (χ0n) is 42.7. The molecule has 0 bridgehead atoms. The molecule has 2 unspecified atom stereocenters. The van der Waals surface area contributed by atoms with Crippen LogP contribution in [0.4, 0.5) is 0 Å². The van der Waals surface area contributed by atoms with Crippen LogP contribution in [0, 0.1) is 11.8 Å². The van der Waals surface area contributed by atoms with Crippen LogP contribution >= 0.6 is 23.8 Å². The van der Waals surface area contributed by atoms with Gasteiger partial charge in [0.25, 0.3) is 0 Å². The average Bonchev–Trinajstić information content (AvgIpc) is 3.43. The molecule has 0 spiro atoms. The Labute approximate surface area is 437 Å². The summed E-state index contributed by atoms with van der Waals surface area (Å²) in [5, 5.41) is 7.66. The number of aliphatic imine (C=N–C) groups is 1. The van der Waals surface area contributed by atoms with Gasteiger partial charge in [-0.05, 0) is 122 Å². The maximum atomic E-state index is 5.40. The second-order valence-corrected chi connectivity index (χ2v) is 23.0. The van der Waals surface area contributed by atoms with Gasteiger partial charge in [0.2, 0.25) is 0 Å². The molecule has 0 saturated carbocycles. The van der Waals surface area contributed by atoms with Crippen LogP contribution in [0.3, 0.4) is 0 Å². The topological polar surface area (TPSA) is 12.4 Å². The summed E-state index contributed by atoms with van der Waals surface area (Å²) in [6.45, 7) is 19.2. The highest BCUT2D eigenvalue weighted by Gasteiger charge is 2.17. The zero-order chi connectivity index (χ0) is 51.0. The van der Waals surface area contributed by atoms with Crippen molar-refractivity contribution in [3.63, 3.8) is 0 Å². The molecule has 4 heteroatoms. The molecular formula is C68H70NP3. The Balaban J connectivity index is 0.00000475. The second kappa shape index (κ2) is 33.0. The largest absolute Gasteiger partial charge is 0.280 e. The van der Waals surface area contributed by atoms with Crippen LogP contribution in [0.2, 0.25) is 0 Å². The van der Waals surface area contributed by atoms with Crippen LogP contribution < -0.4 is 26.5 Å². The van der Waals surface area contributed by atoms with Gasteiger partial charge in [-0.15, -0.1) is 19.1 Å². The lowest BCUT2D eigenvalue weighted by Gasteiger charge is -2.19. The molecule has 0 fully saturated rings. The highest BCUT2D eigenvalue weighted by Crippen LogP contribution is 2.45. The fraction of sp³-hybridized carbons (Fsp3) is 0.132. The molecule has 0 radical (unpaired) electrons. The van der Waals surface area contributed by atoms with Crippen molar-refractivity contribution < 1.29 is 0 Å². The van der Waals surface area contributed by atoms with Gasteiger partial charge in [-0.1, -0.05) is 276 Å². The van der Waals surface area contributed by atoms with E-state index in [1.807, 2.05) is 45.1 Å². The van der Waals surface area contributed by atoms with E-state index in [-0.39, 0.29) is 0 Å². The fourth-order valence-electron chi connectivity index (χ4n) is 7.64. The molecule has 0 amide bonds.